The predicted octanol–water partition coefficient (Wildman–Crippen LogP) is 13.8. The minimum Gasteiger partial charge on any atom is -0.446 e. The Kier molecular flexibility index (Phi) is 11.8. The molecule has 8 aromatic rings. The molecule has 0 spiro atoms. The highest BCUT2D eigenvalue weighted by Gasteiger charge is 2.18. The molecule has 0 saturated heterocycles. The summed E-state index contributed by atoms with van der Waals surface area (Å²) in [6, 6.07) is 34.3. The molecule has 7 nitrogen and oxygen atoms in total. The average molecular weight is 1000 g/mol. The lowest BCUT2D eigenvalue weighted by molar-refractivity contribution is 0.0963. The summed E-state index contributed by atoms with van der Waals surface area (Å²) >= 11 is 15.3. The molecule has 282 valence electrons. The zero-order chi connectivity index (χ0) is 39.7. The number of aromatic nitrogens is 2. The monoisotopic (exact) mass is 1000 g/mol. The van der Waals surface area contributed by atoms with Crippen molar-refractivity contribution in [2.45, 2.75) is 46.0 Å². The second-order valence-corrected chi connectivity index (χ2v) is 17.7. The van der Waals surface area contributed by atoms with E-state index in [-0.39, 0.29) is 23.4 Å². The number of halogens is 4. The smallest absolute Gasteiger partial charge is 0.228 e. The molecule has 0 radical (unpaired) electrons. The number of oxazole rings is 2. The average Bonchev–Trinajstić information content (AvgIpc) is 3.91. The second kappa shape index (κ2) is 16.6. The van der Waals surface area contributed by atoms with Gasteiger partial charge in [0.15, 0.2) is 27.4 Å². The Morgan fingerprint density at radius 2 is 1.29 bits per heavy atom. The van der Waals surface area contributed by atoms with E-state index in [1.165, 1.54) is 5.56 Å². The van der Waals surface area contributed by atoms with Gasteiger partial charge in [-0.25, -0.2) is 9.97 Å². The van der Waals surface area contributed by atoms with Gasteiger partial charge in [-0.2, -0.15) is 0 Å². The van der Waals surface area contributed by atoms with Crippen LogP contribution in [0, 0.1) is 10.5 Å². The first-order chi connectivity index (χ1) is 26.7. The molecular formula is C45H34Br2ClIN2O5. The number of hydrogen-bond acceptors (Lipinski definition) is 7. The van der Waals surface area contributed by atoms with E-state index in [1.54, 1.807) is 12.1 Å². The number of furan rings is 1. The van der Waals surface area contributed by atoms with E-state index in [4.69, 9.17) is 24.9 Å². The maximum atomic E-state index is 12.8. The van der Waals surface area contributed by atoms with Gasteiger partial charge >= 0.3 is 0 Å². The zero-order valence-corrected chi connectivity index (χ0v) is 36.8. The fourth-order valence-electron chi connectivity index (χ4n) is 6.04. The predicted molar refractivity (Wildman–Crippen MR) is 237 cm³/mol. The van der Waals surface area contributed by atoms with Gasteiger partial charge in [-0.3, -0.25) is 9.59 Å². The third kappa shape index (κ3) is 9.26. The van der Waals surface area contributed by atoms with E-state index in [1.807, 2.05) is 104 Å². The Hall–Kier alpha value is -4.36. The molecule has 0 aliphatic carbocycles. The molecule has 0 amide bonds. The number of benzene rings is 5. The third-order valence-electron chi connectivity index (χ3n) is 9.07. The first-order valence-electron chi connectivity index (χ1n) is 17.6. The third-order valence-corrected chi connectivity index (χ3v) is 11.2. The van der Waals surface area contributed by atoms with Crippen LogP contribution in [-0.4, -0.2) is 21.5 Å². The van der Waals surface area contributed by atoms with E-state index < -0.39 is 0 Å². The summed E-state index contributed by atoms with van der Waals surface area (Å²) in [5.41, 5.74) is 9.30. The number of ketones is 2. The molecule has 3 aromatic heterocycles. The highest BCUT2D eigenvalue weighted by molar-refractivity contribution is 14.1. The fraction of sp³-hybridized carbons (Fsp3) is 0.156. The minimum absolute atomic E-state index is 0.0669. The molecule has 8 rings (SSSR count). The highest BCUT2D eigenvalue weighted by atomic mass is 127. The van der Waals surface area contributed by atoms with Crippen LogP contribution in [0.5, 0.6) is 0 Å². The Balaban J connectivity index is 0.000000173. The number of carbonyl (C=O) groups is 2. The summed E-state index contributed by atoms with van der Waals surface area (Å²) in [5.74, 6) is 1.36. The van der Waals surface area contributed by atoms with Crippen LogP contribution in [-0.2, 0) is 18.3 Å². The number of Topliss-reactive ketones (excluding diaryl/α,β-unsaturated/α-hetero) is 2. The number of rotatable bonds is 8. The van der Waals surface area contributed by atoms with Crippen LogP contribution in [0.15, 0.2) is 132 Å². The number of carbonyl (C=O) groups excluding carboxylic acids is 2. The zero-order valence-electron chi connectivity index (χ0n) is 30.8. The van der Waals surface area contributed by atoms with Crippen molar-refractivity contribution in [3.63, 3.8) is 0 Å². The standard InChI is InChI=1S/C26H24ClNO2.C19H10Br2INO3/c1-16-5-11-21(27)20(13-16)25-28-22-14-17(6-12-24(22)30-25)15-23(29)18-7-9-19(10-8-18)26(2,3)4;20-13-3-2-11(22)9-12(13)19-23-14-7-10(1-4-16(14)26-19)8-15(24)17-5-6-18(21)25-17/h5-14H,15H2,1-4H3;1-7,9H,8H2. The van der Waals surface area contributed by atoms with Gasteiger partial charge in [0.05, 0.1) is 16.1 Å². The van der Waals surface area contributed by atoms with Gasteiger partial charge in [0, 0.05) is 26.4 Å². The summed E-state index contributed by atoms with van der Waals surface area (Å²) in [4.78, 5) is 34.3. The van der Waals surface area contributed by atoms with Crippen LogP contribution < -0.4 is 0 Å². The van der Waals surface area contributed by atoms with Gasteiger partial charge < -0.3 is 13.3 Å². The largest absolute Gasteiger partial charge is 0.446 e. The van der Waals surface area contributed by atoms with Crippen molar-refractivity contribution in [2.24, 2.45) is 0 Å². The first-order valence-corrected chi connectivity index (χ1v) is 20.7. The quantitative estimate of drug-likeness (QED) is 0.110. The van der Waals surface area contributed by atoms with E-state index in [0.29, 0.717) is 44.8 Å². The van der Waals surface area contributed by atoms with Gasteiger partial charge in [0.1, 0.15) is 11.0 Å². The lowest BCUT2D eigenvalue weighted by atomic mass is 9.86. The lowest BCUT2D eigenvalue weighted by Crippen LogP contribution is -2.11. The van der Waals surface area contributed by atoms with Crippen molar-refractivity contribution < 1.29 is 22.8 Å². The molecule has 0 saturated carbocycles. The van der Waals surface area contributed by atoms with Crippen molar-refractivity contribution in [3.8, 4) is 22.9 Å². The van der Waals surface area contributed by atoms with Crippen molar-refractivity contribution in [1.82, 2.24) is 9.97 Å². The van der Waals surface area contributed by atoms with Crippen molar-refractivity contribution in [3.05, 3.63) is 161 Å². The van der Waals surface area contributed by atoms with Gasteiger partial charge in [-0.05, 0) is 150 Å². The Labute approximate surface area is 359 Å². The number of nitrogens with zero attached hydrogens (tertiary/aromatic N) is 2. The summed E-state index contributed by atoms with van der Waals surface area (Å²) in [7, 11) is 0. The van der Waals surface area contributed by atoms with E-state index in [9.17, 15) is 9.59 Å². The summed E-state index contributed by atoms with van der Waals surface area (Å²) in [6.45, 7) is 8.49. The van der Waals surface area contributed by atoms with Gasteiger partial charge in [0.25, 0.3) is 0 Å². The molecule has 5 aromatic carbocycles. The van der Waals surface area contributed by atoms with Gasteiger partial charge in [-0.1, -0.05) is 80.4 Å². The molecule has 0 fully saturated rings. The van der Waals surface area contributed by atoms with Crippen LogP contribution in [0.2, 0.25) is 5.02 Å². The van der Waals surface area contributed by atoms with Crippen LogP contribution in [0.25, 0.3) is 45.1 Å². The Bertz CT molecular complexity index is 2740. The fourth-order valence-corrected chi connectivity index (χ4v) is 7.45. The maximum absolute atomic E-state index is 12.8. The van der Waals surface area contributed by atoms with Crippen LogP contribution in [0.1, 0.15) is 63.9 Å². The number of fused-ring (bicyclic) bond motifs is 2. The Morgan fingerprint density at radius 1 is 0.679 bits per heavy atom. The molecule has 0 aliphatic heterocycles. The van der Waals surface area contributed by atoms with E-state index in [2.05, 4.69) is 85.2 Å². The van der Waals surface area contributed by atoms with Crippen molar-refractivity contribution >= 4 is 99.8 Å². The molecule has 0 unspecified atom stereocenters. The van der Waals surface area contributed by atoms with Crippen LogP contribution >= 0.6 is 66.1 Å². The van der Waals surface area contributed by atoms with E-state index in [0.717, 1.165) is 52.5 Å². The molecule has 0 atom stereocenters. The van der Waals surface area contributed by atoms with Gasteiger partial charge in [-0.15, -0.1) is 0 Å². The summed E-state index contributed by atoms with van der Waals surface area (Å²) in [5, 5.41) is 0.598. The highest BCUT2D eigenvalue weighted by Crippen LogP contribution is 2.33. The molecule has 56 heavy (non-hydrogen) atoms. The molecule has 0 aliphatic rings. The van der Waals surface area contributed by atoms with Crippen molar-refractivity contribution in [1.29, 1.82) is 0 Å². The second-order valence-electron chi connectivity index (χ2n) is 14.4. The van der Waals surface area contributed by atoms with Crippen molar-refractivity contribution in [2.75, 3.05) is 0 Å². The number of hydrogen-bond donors (Lipinski definition) is 0. The molecule has 0 bridgehead atoms. The van der Waals surface area contributed by atoms with Gasteiger partial charge in [0.2, 0.25) is 17.6 Å². The van der Waals surface area contributed by atoms with Crippen LogP contribution in [0.3, 0.4) is 0 Å². The molecule has 0 N–H and O–H groups in total. The minimum atomic E-state index is -0.0841. The SMILES string of the molecule is Cc1ccc(Cl)c(-c2nc3cc(CC(=O)c4ccc(C(C)(C)C)cc4)ccc3o2)c1.O=C(Cc1ccc2oc(-c3cc(I)ccc3Br)nc2c1)c1ccc(Br)o1. The molecular weight excluding hydrogens is 971 g/mol. The normalized spacial score (nSPS) is 11.5. The lowest BCUT2D eigenvalue weighted by Gasteiger charge is -2.19. The summed E-state index contributed by atoms with van der Waals surface area (Å²) < 4.78 is 19.7. The molecule has 3 heterocycles. The Morgan fingerprint density at radius 3 is 1.88 bits per heavy atom. The van der Waals surface area contributed by atoms with Crippen LogP contribution in [0.4, 0.5) is 0 Å². The summed E-state index contributed by atoms with van der Waals surface area (Å²) in [6.07, 6.45) is 0.559. The molecule has 11 heteroatoms. The number of aryl methyl sites for hydroxylation is 1. The van der Waals surface area contributed by atoms with E-state index >= 15 is 0 Å². The first kappa shape index (κ1) is 39.9. The topological polar surface area (TPSA) is 99.3 Å². The maximum Gasteiger partial charge on any atom is 0.228 e.